The van der Waals surface area contributed by atoms with E-state index >= 15 is 0 Å². The smallest absolute Gasteiger partial charge is 0.0737 e. The predicted molar refractivity (Wildman–Crippen MR) is 71.7 cm³/mol. The molecule has 0 saturated heterocycles. The molecule has 5 heteroatoms. The summed E-state index contributed by atoms with van der Waals surface area (Å²) in [6.07, 6.45) is 0.468. The Morgan fingerprint density at radius 3 is 2.28 bits per heavy atom. The first-order chi connectivity index (χ1) is 8.54. The number of hydrogen-bond acceptors (Lipinski definition) is 5. The van der Waals surface area contributed by atoms with Crippen molar-refractivity contribution in [2.75, 3.05) is 46.1 Å². The van der Waals surface area contributed by atoms with Gasteiger partial charge in [-0.2, -0.15) is 0 Å². The topological polar surface area (TPSA) is 71.0 Å². The number of aliphatic hydroxyl groups excluding tert-OH is 2. The van der Waals surface area contributed by atoms with Gasteiger partial charge < -0.3 is 25.0 Å². The molecule has 0 rings (SSSR count). The highest BCUT2D eigenvalue weighted by molar-refractivity contribution is 4.78. The molecule has 0 aromatic carbocycles. The van der Waals surface area contributed by atoms with Crippen LogP contribution in [0.4, 0.5) is 0 Å². The number of aliphatic hydroxyl groups is 2. The van der Waals surface area contributed by atoms with E-state index in [2.05, 4.69) is 12.2 Å². The molecule has 0 amide bonds. The molecule has 0 aliphatic carbocycles. The highest BCUT2D eigenvalue weighted by Gasteiger charge is 2.26. The van der Waals surface area contributed by atoms with E-state index in [0.717, 1.165) is 13.0 Å². The number of ether oxygens (including phenoxy) is 2. The summed E-state index contributed by atoms with van der Waals surface area (Å²) in [4.78, 5) is 0. The van der Waals surface area contributed by atoms with Crippen molar-refractivity contribution in [1.29, 1.82) is 0 Å². The van der Waals surface area contributed by atoms with Gasteiger partial charge in [0.1, 0.15) is 0 Å². The molecule has 0 radical (unpaired) electrons. The van der Waals surface area contributed by atoms with Crippen molar-refractivity contribution in [3.05, 3.63) is 0 Å². The largest absolute Gasteiger partial charge is 0.396 e. The lowest BCUT2D eigenvalue weighted by atomic mass is 9.87. The minimum Gasteiger partial charge on any atom is -0.396 e. The van der Waals surface area contributed by atoms with Crippen molar-refractivity contribution in [3.63, 3.8) is 0 Å². The molecule has 0 saturated carbocycles. The average Bonchev–Trinajstić information content (AvgIpc) is 2.36. The van der Waals surface area contributed by atoms with E-state index in [1.165, 1.54) is 0 Å². The monoisotopic (exact) mass is 263 g/mol. The van der Waals surface area contributed by atoms with Crippen LogP contribution in [0.5, 0.6) is 0 Å². The van der Waals surface area contributed by atoms with Crippen LogP contribution in [0.1, 0.15) is 27.2 Å². The van der Waals surface area contributed by atoms with Crippen LogP contribution in [0.2, 0.25) is 0 Å². The maximum Gasteiger partial charge on any atom is 0.0737 e. The third-order valence-corrected chi connectivity index (χ3v) is 2.79. The van der Waals surface area contributed by atoms with Gasteiger partial charge >= 0.3 is 0 Å². The Kier molecular flexibility index (Phi) is 10.6. The van der Waals surface area contributed by atoms with Gasteiger partial charge in [0, 0.05) is 25.1 Å². The van der Waals surface area contributed by atoms with Crippen LogP contribution in [0.25, 0.3) is 0 Å². The standard InChI is InChI=1S/C13H29NO4/c1-4-6-17-8-9-18-7-5-14-10-12(16)13(2,3)11-15/h12,14-16H,4-11H2,1-3H3. The first kappa shape index (κ1) is 17.8. The maximum absolute atomic E-state index is 9.79. The minimum atomic E-state index is -0.560. The van der Waals surface area contributed by atoms with E-state index < -0.39 is 11.5 Å². The first-order valence-corrected chi connectivity index (χ1v) is 6.69. The van der Waals surface area contributed by atoms with Gasteiger partial charge in [-0.25, -0.2) is 0 Å². The Hall–Kier alpha value is -0.200. The van der Waals surface area contributed by atoms with Crippen molar-refractivity contribution in [2.24, 2.45) is 5.41 Å². The van der Waals surface area contributed by atoms with Crippen LogP contribution in [0.15, 0.2) is 0 Å². The van der Waals surface area contributed by atoms with Crippen LogP contribution in [-0.2, 0) is 9.47 Å². The lowest BCUT2D eigenvalue weighted by Gasteiger charge is -2.28. The third kappa shape index (κ3) is 8.83. The molecule has 5 nitrogen and oxygen atoms in total. The molecule has 0 bridgehead atoms. The summed E-state index contributed by atoms with van der Waals surface area (Å²) in [6, 6.07) is 0. The van der Waals surface area contributed by atoms with Gasteiger partial charge in [-0.3, -0.25) is 0 Å². The second-order valence-corrected chi connectivity index (χ2v) is 5.09. The van der Waals surface area contributed by atoms with E-state index in [1.807, 2.05) is 13.8 Å². The quantitative estimate of drug-likeness (QED) is 0.445. The predicted octanol–water partition coefficient (Wildman–Crippen LogP) is 0.399. The number of rotatable bonds is 12. The molecule has 0 aliphatic heterocycles. The van der Waals surface area contributed by atoms with E-state index in [0.29, 0.717) is 32.9 Å². The van der Waals surface area contributed by atoms with Gasteiger partial charge in [0.05, 0.1) is 32.5 Å². The Labute approximate surface area is 110 Å². The van der Waals surface area contributed by atoms with Gasteiger partial charge in [0.15, 0.2) is 0 Å². The van der Waals surface area contributed by atoms with Crippen LogP contribution in [0.3, 0.4) is 0 Å². The molecule has 0 aliphatic rings. The fraction of sp³-hybridized carbons (Fsp3) is 1.00. The third-order valence-electron chi connectivity index (χ3n) is 2.79. The molecule has 1 unspecified atom stereocenters. The molecule has 0 aromatic heterocycles. The van der Waals surface area contributed by atoms with Crippen LogP contribution < -0.4 is 5.32 Å². The Morgan fingerprint density at radius 2 is 1.72 bits per heavy atom. The van der Waals surface area contributed by atoms with E-state index in [1.54, 1.807) is 0 Å². The SMILES string of the molecule is CCCOCCOCCNCC(O)C(C)(C)CO. The summed E-state index contributed by atoms with van der Waals surface area (Å²) in [6.45, 7) is 9.48. The molecule has 0 heterocycles. The van der Waals surface area contributed by atoms with E-state index in [9.17, 15) is 5.11 Å². The Morgan fingerprint density at radius 1 is 1.11 bits per heavy atom. The van der Waals surface area contributed by atoms with Crippen LogP contribution in [-0.4, -0.2) is 62.4 Å². The van der Waals surface area contributed by atoms with E-state index in [4.69, 9.17) is 14.6 Å². The van der Waals surface area contributed by atoms with Gasteiger partial charge in [-0.15, -0.1) is 0 Å². The van der Waals surface area contributed by atoms with Gasteiger partial charge in [0.2, 0.25) is 0 Å². The molecule has 0 fully saturated rings. The Balaban J connectivity index is 3.30. The molecule has 3 N–H and O–H groups in total. The summed E-state index contributed by atoms with van der Waals surface area (Å²) in [5, 5.41) is 22.0. The lowest BCUT2D eigenvalue weighted by molar-refractivity contribution is 0.00656. The molecular formula is C13H29NO4. The van der Waals surface area contributed by atoms with Crippen molar-refractivity contribution < 1.29 is 19.7 Å². The first-order valence-electron chi connectivity index (χ1n) is 6.69. The average molecular weight is 263 g/mol. The molecule has 0 aromatic rings. The van der Waals surface area contributed by atoms with Crippen LogP contribution in [0, 0.1) is 5.41 Å². The highest BCUT2D eigenvalue weighted by atomic mass is 16.5. The number of nitrogens with one attached hydrogen (secondary N) is 1. The summed E-state index contributed by atoms with van der Waals surface area (Å²) in [5.41, 5.74) is -0.470. The van der Waals surface area contributed by atoms with Crippen molar-refractivity contribution in [2.45, 2.75) is 33.3 Å². The molecule has 0 spiro atoms. The van der Waals surface area contributed by atoms with Crippen molar-refractivity contribution in [3.8, 4) is 0 Å². The van der Waals surface area contributed by atoms with Gasteiger partial charge in [-0.1, -0.05) is 20.8 Å². The fourth-order valence-electron chi connectivity index (χ4n) is 1.23. The zero-order valence-corrected chi connectivity index (χ0v) is 11.9. The molecule has 18 heavy (non-hydrogen) atoms. The van der Waals surface area contributed by atoms with Gasteiger partial charge in [-0.05, 0) is 6.42 Å². The fourth-order valence-corrected chi connectivity index (χ4v) is 1.23. The maximum atomic E-state index is 9.79. The zero-order valence-electron chi connectivity index (χ0n) is 11.9. The summed E-state index contributed by atoms with van der Waals surface area (Å²) in [5.74, 6) is 0. The lowest BCUT2D eigenvalue weighted by Crippen LogP contribution is -2.41. The van der Waals surface area contributed by atoms with Crippen LogP contribution >= 0.6 is 0 Å². The Bertz CT molecular complexity index is 188. The summed E-state index contributed by atoms with van der Waals surface area (Å²) < 4.78 is 10.6. The van der Waals surface area contributed by atoms with Gasteiger partial charge in [0.25, 0.3) is 0 Å². The summed E-state index contributed by atoms with van der Waals surface area (Å²) in [7, 11) is 0. The molecule has 1 atom stereocenters. The minimum absolute atomic E-state index is 0.0267. The van der Waals surface area contributed by atoms with E-state index in [-0.39, 0.29) is 6.61 Å². The number of hydrogen-bond donors (Lipinski definition) is 3. The summed E-state index contributed by atoms with van der Waals surface area (Å²) >= 11 is 0. The second-order valence-electron chi connectivity index (χ2n) is 5.09. The highest BCUT2D eigenvalue weighted by Crippen LogP contribution is 2.18. The molecule has 110 valence electrons. The van der Waals surface area contributed by atoms with Crippen molar-refractivity contribution >= 4 is 0 Å². The van der Waals surface area contributed by atoms with Crippen molar-refractivity contribution in [1.82, 2.24) is 5.32 Å². The second kappa shape index (κ2) is 10.7. The zero-order chi connectivity index (χ0) is 13.9. The normalized spacial score (nSPS) is 13.8. The molecular weight excluding hydrogens is 234 g/mol.